The summed E-state index contributed by atoms with van der Waals surface area (Å²) in [6, 6.07) is 24.5. The molecule has 0 radical (unpaired) electrons. The summed E-state index contributed by atoms with van der Waals surface area (Å²) in [6.07, 6.45) is -0.0577. The van der Waals surface area contributed by atoms with E-state index < -0.39 is 12.0 Å². The van der Waals surface area contributed by atoms with Crippen molar-refractivity contribution in [2.75, 3.05) is 0 Å². The van der Waals surface area contributed by atoms with E-state index in [1.807, 2.05) is 36.4 Å². The van der Waals surface area contributed by atoms with Crippen LogP contribution in [0.1, 0.15) is 34.3 Å². The average molecular weight is 462 g/mol. The van der Waals surface area contributed by atoms with Gasteiger partial charge in [-0.2, -0.15) is 4.98 Å². The smallest absolute Gasteiger partial charge is 0.308 e. The molecule has 0 spiro atoms. The summed E-state index contributed by atoms with van der Waals surface area (Å²) in [4.78, 5) is 29.4. The van der Waals surface area contributed by atoms with Gasteiger partial charge in [0, 0.05) is 16.1 Å². The first kappa shape index (κ1) is 22.2. The van der Waals surface area contributed by atoms with Gasteiger partial charge >= 0.3 is 5.97 Å². The third-order valence-corrected chi connectivity index (χ3v) is 5.06. The zero-order valence-corrected chi connectivity index (χ0v) is 18.2. The zero-order chi connectivity index (χ0) is 23.0. The van der Waals surface area contributed by atoms with Crippen molar-refractivity contribution in [3.63, 3.8) is 0 Å². The van der Waals surface area contributed by atoms with Gasteiger partial charge in [-0.05, 0) is 29.8 Å². The molecule has 7 nitrogen and oxygen atoms in total. The summed E-state index contributed by atoms with van der Waals surface area (Å²) in [5, 5.41) is 7.35. The normalized spacial score (nSPS) is 11.5. The number of rotatable bonds is 8. The molecule has 0 aliphatic rings. The summed E-state index contributed by atoms with van der Waals surface area (Å²) < 4.78 is 10.5. The predicted molar refractivity (Wildman–Crippen MR) is 122 cm³/mol. The van der Waals surface area contributed by atoms with E-state index in [1.54, 1.807) is 48.5 Å². The van der Waals surface area contributed by atoms with Crippen LogP contribution in [0.5, 0.6) is 0 Å². The molecule has 8 heteroatoms. The van der Waals surface area contributed by atoms with Crippen LogP contribution in [0.15, 0.2) is 89.5 Å². The Hall–Kier alpha value is -3.97. The minimum atomic E-state index is -0.559. The Morgan fingerprint density at radius 3 is 2.42 bits per heavy atom. The minimum Gasteiger partial charge on any atom is -0.455 e. The Morgan fingerprint density at radius 1 is 0.970 bits per heavy atom. The van der Waals surface area contributed by atoms with Crippen molar-refractivity contribution in [1.29, 1.82) is 0 Å². The molecule has 1 amide bonds. The van der Waals surface area contributed by atoms with Crippen molar-refractivity contribution in [2.24, 2.45) is 0 Å². The van der Waals surface area contributed by atoms with E-state index in [1.165, 1.54) is 0 Å². The number of benzene rings is 3. The molecule has 1 aromatic heterocycles. The molecular weight excluding hydrogens is 442 g/mol. The van der Waals surface area contributed by atoms with Crippen molar-refractivity contribution < 1.29 is 18.8 Å². The van der Waals surface area contributed by atoms with E-state index in [-0.39, 0.29) is 24.8 Å². The van der Waals surface area contributed by atoms with Gasteiger partial charge in [0.2, 0.25) is 5.82 Å². The van der Waals surface area contributed by atoms with Gasteiger partial charge in [0.15, 0.2) is 6.61 Å². The van der Waals surface area contributed by atoms with Gasteiger partial charge in [0.25, 0.3) is 11.8 Å². The van der Waals surface area contributed by atoms with Crippen molar-refractivity contribution in [2.45, 2.75) is 19.1 Å². The van der Waals surface area contributed by atoms with Gasteiger partial charge in [-0.15, -0.1) is 0 Å². The maximum absolute atomic E-state index is 12.6. The number of hydrogen-bond acceptors (Lipinski definition) is 6. The Balaban J connectivity index is 1.39. The molecule has 4 aromatic rings. The molecule has 1 heterocycles. The Kier molecular flexibility index (Phi) is 7.12. The summed E-state index contributed by atoms with van der Waals surface area (Å²) in [6.45, 7) is -0.180. The largest absolute Gasteiger partial charge is 0.455 e. The average Bonchev–Trinajstić information content (AvgIpc) is 3.33. The molecule has 0 saturated carbocycles. The number of hydrogen-bond donors (Lipinski definition) is 1. The number of nitrogens with zero attached hydrogens (tertiary/aromatic N) is 2. The molecule has 1 atom stereocenters. The lowest BCUT2D eigenvalue weighted by Gasteiger charge is -2.18. The molecule has 0 aliphatic carbocycles. The Morgan fingerprint density at radius 2 is 1.70 bits per heavy atom. The van der Waals surface area contributed by atoms with E-state index >= 15 is 0 Å². The van der Waals surface area contributed by atoms with Gasteiger partial charge in [0.1, 0.15) is 0 Å². The number of aromatic nitrogens is 2. The molecule has 0 unspecified atom stereocenters. The first-order chi connectivity index (χ1) is 16.1. The third kappa shape index (κ3) is 6.05. The highest BCUT2D eigenvalue weighted by molar-refractivity contribution is 6.30. The second kappa shape index (κ2) is 10.6. The van der Waals surface area contributed by atoms with E-state index in [0.717, 1.165) is 5.56 Å². The second-order valence-electron chi connectivity index (χ2n) is 7.19. The predicted octanol–water partition coefficient (Wildman–Crippen LogP) is 4.99. The van der Waals surface area contributed by atoms with Gasteiger partial charge in [0.05, 0.1) is 12.5 Å². The van der Waals surface area contributed by atoms with E-state index in [2.05, 4.69) is 15.5 Å². The van der Waals surface area contributed by atoms with Gasteiger partial charge < -0.3 is 14.6 Å². The van der Waals surface area contributed by atoms with Crippen LogP contribution < -0.4 is 5.32 Å². The standard InChI is InChI=1S/C25H20ClN3O4/c26-20-13-7-12-19(14-20)24-28-22(33-29-24)16-32-23(30)15-21(17-8-3-1-4-9-17)27-25(31)18-10-5-2-6-11-18/h1-14,21H,15-16H2,(H,27,31)/t21-/m0/s1. The molecule has 33 heavy (non-hydrogen) atoms. The van der Waals surface area contributed by atoms with E-state index in [4.69, 9.17) is 20.9 Å². The summed E-state index contributed by atoms with van der Waals surface area (Å²) >= 11 is 5.99. The van der Waals surface area contributed by atoms with E-state index in [9.17, 15) is 9.59 Å². The van der Waals surface area contributed by atoms with Crippen LogP contribution in [0.2, 0.25) is 5.02 Å². The quantitative estimate of drug-likeness (QED) is 0.371. The monoisotopic (exact) mass is 461 g/mol. The number of carbonyl (C=O) groups is 2. The molecule has 0 saturated heterocycles. The van der Waals surface area contributed by atoms with Crippen molar-refractivity contribution >= 4 is 23.5 Å². The SMILES string of the molecule is O=C(C[C@H](NC(=O)c1ccccc1)c1ccccc1)OCc1nc(-c2cccc(Cl)c2)no1. The summed E-state index contributed by atoms with van der Waals surface area (Å²) in [7, 11) is 0. The lowest BCUT2D eigenvalue weighted by atomic mass is 10.0. The fraction of sp³-hybridized carbons (Fsp3) is 0.120. The van der Waals surface area contributed by atoms with Gasteiger partial charge in [-0.1, -0.05) is 77.4 Å². The summed E-state index contributed by atoms with van der Waals surface area (Å²) in [5.41, 5.74) is 1.99. The van der Waals surface area contributed by atoms with Crippen LogP contribution >= 0.6 is 11.6 Å². The van der Waals surface area contributed by atoms with Crippen LogP contribution in [-0.4, -0.2) is 22.0 Å². The maximum atomic E-state index is 12.6. The maximum Gasteiger partial charge on any atom is 0.308 e. The fourth-order valence-corrected chi connectivity index (χ4v) is 3.39. The second-order valence-corrected chi connectivity index (χ2v) is 7.63. The Labute approximate surface area is 195 Å². The number of esters is 1. The third-order valence-electron chi connectivity index (χ3n) is 4.82. The minimum absolute atomic E-state index is 0.0577. The molecular formula is C25H20ClN3O4. The Bertz CT molecular complexity index is 1230. The number of halogens is 1. The number of amides is 1. The van der Waals surface area contributed by atoms with Crippen molar-refractivity contribution in [1.82, 2.24) is 15.5 Å². The highest BCUT2D eigenvalue weighted by Crippen LogP contribution is 2.21. The highest BCUT2D eigenvalue weighted by atomic mass is 35.5. The van der Waals surface area contributed by atoms with E-state index in [0.29, 0.717) is 22.0 Å². The first-order valence-corrected chi connectivity index (χ1v) is 10.6. The van der Waals surface area contributed by atoms with Crippen LogP contribution in [0.25, 0.3) is 11.4 Å². The van der Waals surface area contributed by atoms with Crippen LogP contribution in [0.3, 0.4) is 0 Å². The molecule has 1 N–H and O–H groups in total. The highest BCUT2D eigenvalue weighted by Gasteiger charge is 2.21. The molecule has 3 aromatic carbocycles. The number of ether oxygens (including phenoxy) is 1. The lowest BCUT2D eigenvalue weighted by molar-refractivity contribution is -0.146. The van der Waals surface area contributed by atoms with Crippen LogP contribution in [0, 0.1) is 0 Å². The van der Waals surface area contributed by atoms with Gasteiger partial charge in [-0.3, -0.25) is 9.59 Å². The molecule has 0 bridgehead atoms. The molecule has 4 rings (SSSR count). The number of nitrogens with one attached hydrogen (secondary N) is 1. The first-order valence-electron chi connectivity index (χ1n) is 10.2. The number of carbonyl (C=O) groups excluding carboxylic acids is 2. The van der Waals surface area contributed by atoms with Gasteiger partial charge in [-0.25, -0.2) is 0 Å². The summed E-state index contributed by atoms with van der Waals surface area (Å²) in [5.74, 6) is -0.288. The molecule has 0 fully saturated rings. The molecule has 0 aliphatic heterocycles. The van der Waals surface area contributed by atoms with Crippen LogP contribution in [-0.2, 0) is 16.1 Å². The van der Waals surface area contributed by atoms with Crippen molar-refractivity contribution in [3.05, 3.63) is 107 Å². The fourth-order valence-electron chi connectivity index (χ4n) is 3.19. The topological polar surface area (TPSA) is 94.3 Å². The van der Waals surface area contributed by atoms with Crippen LogP contribution in [0.4, 0.5) is 0 Å². The lowest BCUT2D eigenvalue weighted by Crippen LogP contribution is -2.30. The zero-order valence-electron chi connectivity index (χ0n) is 17.5. The van der Waals surface area contributed by atoms with Crippen molar-refractivity contribution in [3.8, 4) is 11.4 Å². The molecule has 166 valence electrons.